The minimum Gasteiger partial charge on any atom is -0.514 e. The van der Waals surface area contributed by atoms with Gasteiger partial charge in [-0.2, -0.15) is 48.5 Å². The van der Waals surface area contributed by atoms with E-state index < -0.39 is 0 Å². The van der Waals surface area contributed by atoms with Gasteiger partial charge in [-0.3, -0.25) is 29.9 Å². The minimum absolute atomic E-state index is 0. The van der Waals surface area contributed by atoms with Crippen molar-refractivity contribution in [1.29, 1.82) is 0 Å². The molecule has 18 rings (SSSR count). The van der Waals surface area contributed by atoms with Gasteiger partial charge in [0.2, 0.25) is 0 Å². The van der Waals surface area contributed by atoms with Crippen molar-refractivity contribution >= 4 is 79.8 Å². The number of hydrogen-bond acceptors (Lipinski definition) is 15. The average Bonchev–Trinajstić information content (AvgIpc) is 1.80. The summed E-state index contributed by atoms with van der Waals surface area (Å²) in [6.45, 7) is 15.2. The number of benzene rings is 4. The Kier molecular flexibility index (Phi) is 20.9. The van der Waals surface area contributed by atoms with E-state index in [2.05, 4.69) is 235 Å². The van der Waals surface area contributed by atoms with Crippen molar-refractivity contribution in [2.45, 2.75) is 44.9 Å². The Bertz CT molecular complexity index is 3710. The van der Waals surface area contributed by atoms with Crippen LogP contribution < -0.4 is 34.3 Å². The van der Waals surface area contributed by atoms with Gasteiger partial charge in [-0.05, 0) is 65.2 Å². The fraction of sp³-hybridized carbons (Fsp3) is 0.0972. The van der Waals surface area contributed by atoms with Gasteiger partial charge >= 0.3 is 0 Å². The van der Waals surface area contributed by atoms with Crippen molar-refractivity contribution in [2.24, 2.45) is 0 Å². The molecule has 0 spiro atoms. The van der Waals surface area contributed by atoms with Gasteiger partial charge in [0.05, 0.1) is 0 Å². The van der Waals surface area contributed by atoms with E-state index in [9.17, 15) is 0 Å². The topological polar surface area (TPSA) is 126 Å². The quantitative estimate of drug-likeness (QED) is 0.140. The predicted octanol–water partition coefficient (Wildman–Crippen LogP) is 14.1. The first-order valence-corrected chi connectivity index (χ1v) is 28.9. The Morgan fingerprint density at radius 3 is 1.15 bits per heavy atom. The zero-order valence-corrected chi connectivity index (χ0v) is 58.7. The maximum absolute atomic E-state index is 4.45. The van der Waals surface area contributed by atoms with E-state index in [4.69, 9.17) is 0 Å². The van der Waals surface area contributed by atoms with Gasteiger partial charge in [0, 0.05) is 193 Å². The second-order valence-electron chi connectivity index (χ2n) is 21.1. The summed E-state index contributed by atoms with van der Waals surface area (Å²) >= 11 is 0. The molecule has 7 aliphatic heterocycles. The van der Waals surface area contributed by atoms with Crippen LogP contribution in [0.15, 0.2) is 202 Å². The van der Waals surface area contributed by atoms with Crippen LogP contribution in [0.3, 0.4) is 0 Å². The van der Waals surface area contributed by atoms with Crippen LogP contribution in [0.4, 0.5) is 79.8 Å². The zero-order chi connectivity index (χ0) is 57.9. The van der Waals surface area contributed by atoms with Crippen LogP contribution in [0.2, 0.25) is 0 Å². The molecule has 1 radical (unpaired) electrons. The van der Waals surface area contributed by atoms with Gasteiger partial charge in [-0.15, -0.1) is 139 Å². The number of aromatic nitrogens is 8. The number of nitrogens with zero attached hydrogens (tertiary/aromatic N) is 15. The molecule has 0 saturated carbocycles. The van der Waals surface area contributed by atoms with Crippen LogP contribution >= 0.6 is 0 Å². The molecule has 11 aromatic rings. The largest absolute Gasteiger partial charge is 0.514 e. The van der Waals surface area contributed by atoms with E-state index in [1.165, 1.54) is 33.6 Å². The summed E-state index contributed by atoms with van der Waals surface area (Å²) in [5, 5.41) is 0. The number of fused-ring (bicyclic) bond motifs is 7. The second-order valence-corrected chi connectivity index (χ2v) is 21.1. The fourth-order valence-electron chi connectivity index (χ4n) is 11.8. The first kappa shape index (κ1) is 64.5. The summed E-state index contributed by atoms with van der Waals surface area (Å²) < 4.78 is 0. The standard InChI is InChI=1S/3C20H15N4.C12H9N3.Ir.3Os/c1-4-15(23-12-8-17-19(23)6-2-10-21-17)14-16(5-1)24-13-9-18-20(24)7-3-11-22-18;1-2-17(23-10-6-15-13-21-8-4-19(15)23)12-18(3-1)24-11-7-16-14-22-9-5-20(16)24;1-2-17(23-10-6-15-4-8-21-13-19(15)23)12-18(3-1)24-11-7-16-5-9-22-14-20(16)24;1-2-4-11(5-3-1)15-7-6-10-8-13-9-14-12(10)15;;;;/h1-7,10-13H,8-9H2;2*1-5,8-11,13-14H,6-7H2;1-4,7-9H,6H2;;;;/q3*-3;-2;;;;. The molecule has 0 saturated heterocycles. The van der Waals surface area contributed by atoms with Crippen molar-refractivity contribution in [3.63, 3.8) is 0 Å². The summed E-state index contributed by atoms with van der Waals surface area (Å²) in [6, 6.07) is 56.9. The number of para-hydroxylation sites is 1. The third kappa shape index (κ3) is 13.4. The molecule has 7 aromatic heterocycles. The molecule has 7 aliphatic rings. The van der Waals surface area contributed by atoms with Crippen LogP contribution in [0.1, 0.15) is 39.2 Å². The summed E-state index contributed by atoms with van der Waals surface area (Å²) in [7, 11) is 0. The van der Waals surface area contributed by atoms with Crippen molar-refractivity contribution in [3.8, 4) is 0 Å². The summed E-state index contributed by atoms with van der Waals surface area (Å²) in [4.78, 5) is 49.3. The van der Waals surface area contributed by atoms with E-state index in [1.54, 1.807) is 6.33 Å². The van der Waals surface area contributed by atoms with Gasteiger partial charge in [0.15, 0.2) is 0 Å². The molecular formula is C72H54IrN15Os3-11. The van der Waals surface area contributed by atoms with E-state index in [-0.39, 0.29) is 79.5 Å². The number of rotatable bonds is 7. The van der Waals surface area contributed by atoms with Gasteiger partial charge in [-0.25, -0.2) is 55.8 Å². The van der Waals surface area contributed by atoms with E-state index in [0.29, 0.717) is 0 Å². The molecule has 91 heavy (non-hydrogen) atoms. The van der Waals surface area contributed by atoms with Gasteiger partial charge in [0.25, 0.3) is 0 Å². The second kappa shape index (κ2) is 29.5. The van der Waals surface area contributed by atoms with Gasteiger partial charge < -0.3 is 34.3 Å². The molecule has 0 unspecified atom stereocenters. The minimum atomic E-state index is 0. The normalized spacial score (nSPS) is 14.6. The molecule has 4 aromatic carbocycles. The maximum atomic E-state index is 4.45. The van der Waals surface area contributed by atoms with Gasteiger partial charge in [0.1, 0.15) is 12.1 Å². The van der Waals surface area contributed by atoms with Crippen LogP contribution in [0, 0.1) is 70.1 Å². The monoisotopic (exact) mass is 1900 g/mol. The Labute approximate surface area is 584 Å². The molecule has 0 atom stereocenters. The molecule has 0 bridgehead atoms. The number of hydrogen-bond donors (Lipinski definition) is 0. The smallest absolute Gasteiger partial charge is 0.117 e. The molecule has 0 aliphatic carbocycles. The number of anilines is 14. The molecular weight excluding hydrogens is 1840 g/mol. The Hall–Kier alpha value is -7.98. The Morgan fingerprint density at radius 1 is 0.297 bits per heavy atom. The van der Waals surface area contributed by atoms with Crippen molar-refractivity contribution in [1.82, 2.24) is 39.9 Å². The zero-order valence-electron chi connectivity index (χ0n) is 48.6. The molecule has 14 heterocycles. The fourth-order valence-corrected chi connectivity index (χ4v) is 11.8. The first-order valence-electron chi connectivity index (χ1n) is 28.9. The summed E-state index contributed by atoms with van der Waals surface area (Å²) in [6.07, 6.45) is 28.5. The molecule has 15 nitrogen and oxygen atoms in total. The Balaban J connectivity index is 0.000000124. The molecule has 0 fully saturated rings. The first-order chi connectivity index (χ1) is 43.1. The molecule has 461 valence electrons. The average molecular weight is 1890 g/mol. The van der Waals surface area contributed by atoms with Crippen molar-refractivity contribution in [3.05, 3.63) is 311 Å². The molecule has 19 heteroatoms. The maximum Gasteiger partial charge on any atom is 0.117 e. The van der Waals surface area contributed by atoms with Crippen LogP contribution in [0.5, 0.6) is 0 Å². The third-order valence-corrected chi connectivity index (χ3v) is 16.0. The predicted molar refractivity (Wildman–Crippen MR) is 340 cm³/mol. The van der Waals surface area contributed by atoms with E-state index in [1.807, 2.05) is 105 Å². The van der Waals surface area contributed by atoms with Crippen LogP contribution in [-0.2, 0) is 124 Å². The molecule has 0 amide bonds. The molecule has 0 N–H and O–H groups in total. The van der Waals surface area contributed by atoms with E-state index in [0.717, 1.165) is 130 Å². The van der Waals surface area contributed by atoms with Crippen molar-refractivity contribution < 1.29 is 79.5 Å². The van der Waals surface area contributed by atoms with Gasteiger partial charge in [-0.1, -0.05) is 11.1 Å². The third-order valence-electron chi connectivity index (χ3n) is 16.0. The number of pyridine rings is 6. The van der Waals surface area contributed by atoms with Crippen molar-refractivity contribution in [2.75, 3.05) is 34.3 Å². The summed E-state index contributed by atoms with van der Waals surface area (Å²) in [5.41, 5.74) is 22.7. The Morgan fingerprint density at radius 2 is 0.681 bits per heavy atom. The summed E-state index contributed by atoms with van der Waals surface area (Å²) in [5.74, 6) is 0.965. The van der Waals surface area contributed by atoms with E-state index >= 15 is 0 Å². The van der Waals surface area contributed by atoms with Crippen LogP contribution in [0.25, 0.3) is 0 Å². The van der Waals surface area contributed by atoms with Crippen LogP contribution in [-0.4, -0.2) is 39.9 Å². The SMILES string of the molecule is [Ir].[Os].[Os].[Os].[c-]1c(N2[CH-]Cc3ccncc32)cccc1N1[CH-]Cc2ccncc21.[c-]1c(N2[CH-]Cc3cnccc32)cccc1N1[CH-]Cc2cnccc21.[c-]1c(N2[CH-]Cc3ncccc32)cccc1N1[CH-]Cc2ncccc21.[c-]1ccccc1N1[CH-]Cc2cncnc21.